The molecule has 110 valence electrons. The molecule has 2 aromatic carbocycles. The van der Waals surface area contributed by atoms with Crippen LogP contribution in [0.1, 0.15) is 22.8 Å². The molecule has 0 heterocycles. The third-order valence-electron chi connectivity index (χ3n) is 3.24. The van der Waals surface area contributed by atoms with E-state index in [0.29, 0.717) is 17.0 Å². The van der Waals surface area contributed by atoms with Gasteiger partial charge in [-0.25, -0.2) is 0 Å². The molecule has 1 unspecified atom stereocenters. The first-order chi connectivity index (χ1) is 10.0. The van der Waals surface area contributed by atoms with Crippen LogP contribution in [0.15, 0.2) is 42.5 Å². The Hall–Kier alpha value is -2.49. The molecule has 0 spiro atoms. The first-order valence-electron chi connectivity index (χ1n) is 6.72. The third kappa shape index (κ3) is 3.54. The molecule has 0 aromatic heterocycles. The lowest BCUT2D eigenvalue weighted by atomic mass is 10.0. The number of ether oxygens (including phenoxy) is 2. The van der Waals surface area contributed by atoms with Gasteiger partial charge in [-0.15, -0.1) is 0 Å². The maximum absolute atomic E-state index is 12.5. The van der Waals surface area contributed by atoms with Crippen LogP contribution in [-0.4, -0.2) is 19.0 Å². The molecule has 0 saturated heterocycles. The molecule has 2 aromatic rings. The van der Waals surface area contributed by atoms with Crippen molar-refractivity contribution in [3.63, 3.8) is 0 Å². The van der Waals surface area contributed by atoms with Gasteiger partial charge in [-0.3, -0.25) is 4.79 Å². The molecule has 0 fully saturated rings. The van der Waals surface area contributed by atoms with Crippen molar-refractivity contribution in [1.82, 2.24) is 0 Å². The van der Waals surface area contributed by atoms with Crippen molar-refractivity contribution in [3.8, 4) is 11.5 Å². The van der Waals surface area contributed by atoms with Gasteiger partial charge in [0.15, 0.2) is 6.10 Å². The summed E-state index contributed by atoms with van der Waals surface area (Å²) in [4.78, 5) is 12.5. The smallest absolute Gasteiger partial charge is 0.203 e. The highest BCUT2D eigenvalue weighted by atomic mass is 16.5. The largest absolute Gasteiger partial charge is 0.497 e. The van der Waals surface area contributed by atoms with E-state index in [0.717, 1.165) is 11.3 Å². The van der Waals surface area contributed by atoms with Crippen molar-refractivity contribution in [2.24, 2.45) is 0 Å². The number of anilines is 1. The van der Waals surface area contributed by atoms with Gasteiger partial charge in [-0.05, 0) is 49.7 Å². The maximum Gasteiger partial charge on any atom is 0.203 e. The summed E-state index contributed by atoms with van der Waals surface area (Å²) < 4.78 is 10.8. The molecule has 0 aliphatic carbocycles. The molecule has 1 atom stereocenters. The summed E-state index contributed by atoms with van der Waals surface area (Å²) in [6.07, 6.45) is -0.584. The van der Waals surface area contributed by atoms with E-state index in [2.05, 4.69) is 0 Å². The number of nitrogen functional groups attached to an aromatic ring is 1. The van der Waals surface area contributed by atoms with E-state index < -0.39 is 6.10 Å². The number of Topliss-reactive ketones (excluding diaryl/α,β-unsaturated/α-hetero) is 1. The van der Waals surface area contributed by atoms with E-state index in [4.69, 9.17) is 15.2 Å². The van der Waals surface area contributed by atoms with Gasteiger partial charge in [0.1, 0.15) is 11.5 Å². The number of benzene rings is 2. The predicted octanol–water partition coefficient (Wildman–Crippen LogP) is 3.24. The average Bonchev–Trinajstić information content (AvgIpc) is 2.46. The monoisotopic (exact) mass is 285 g/mol. The fourth-order valence-electron chi connectivity index (χ4n) is 2.10. The van der Waals surface area contributed by atoms with Crippen molar-refractivity contribution in [3.05, 3.63) is 53.6 Å². The number of hydrogen-bond donors (Lipinski definition) is 1. The van der Waals surface area contributed by atoms with E-state index in [9.17, 15) is 4.79 Å². The molecular formula is C17H19NO3. The predicted molar refractivity (Wildman–Crippen MR) is 83.0 cm³/mol. The highest BCUT2D eigenvalue weighted by Crippen LogP contribution is 2.21. The lowest BCUT2D eigenvalue weighted by molar-refractivity contribution is 0.0817. The van der Waals surface area contributed by atoms with E-state index in [1.54, 1.807) is 50.4 Å². The number of carbonyl (C=O) groups excluding carboxylic acids is 1. The topological polar surface area (TPSA) is 61.5 Å². The molecule has 0 aliphatic rings. The van der Waals surface area contributed by atoms with Gasteiger partial charge in [0, 0.05) is 17.3 Å². The Bertz CT molecular complexity index is 652. The average molecular weight is 285 g/mol. The number of carbonyl (C=O) groups is 1. The quantitative estimate of drug-likeness (QED) is 0.676. The van der Waals surface area contributed by atoms with Gasteiger partial charge in [-0.2, -0.15) is 0 Å². The number of rotatable bonds is 5. The zero-order valence-electron chi connectivity index (χ0n) is 12.4. The lowest BCUT2D eigenvalue weighted by Gasteiger charge is -2.15. The Kier molecular flexibility index (Phi) is 4.48. The van der Waals surface area contributed by atoms with E-state index in [-0.39, 0.29) is 5.78 Å². The van der Waals surface area contributed by atoms with Gasteiger partial charge >= 0.3 is 0 Å². The highest BCUT2D eigenvalue weighted by molar-refractivity contribution is 6.00. The summed E-state index contributed by atoms with van der Waals surface area (Å²) in [6, 6.07) is 12.4. The van der Waals surface area contributed by atoms with E-state index in [1.807, 2.05) is 13.0 Å². The molecule has 0 bridgehead atoms. The molecule has 0 aliphatic heterocycles. The van der Waals surface area contributed by atoms with Crippen LogP contribution in [-0.2, 0) is 0 Å². The first kappa shape index (κ1) is 14.9. The third-order valence-corrected chi connectivity index (χ3v) is 3.24. The minimum Gasteiger partial charge on any atom is -0.497 e. The molecule has 0 amide bonds. The summed E-state index contributed by atoms with van der Waals surface area (Å²) in [7, 11) is 1.60. The minimum absolute atomic E-state index is 0.0717. The van der Waals surface area contributed by atoms with Crippen molar-refractivity contribution in [2.75, 3.05) is 12.8 Å². The molecule has 0 saturated carbocycles. The number of methoxy groups -OCH3 is 1. The lowest BCUT2D eigenvalue weighted by Crippen LogP contribution is -2.24. The summed E-state index contributed by atoms with van der Waals surface area (Å²) >= 11 is 0. The normalized spacial score (nSPS) is 11.8. The van der Waals surface area contributed by atoms with Crippen LogP contribution in [0.5, 0.6) is 11.5 Å². The van der Waals surface area contributed by atoms with Crippen LogP contribution in [0, 0.1) is 6.92 Å². The SMILES string of the molecule is COc1ccc(C(=O)C(C)Oc2cccc(N)c2)c(C)c1. The summed E-state index contributed by atoms with van der Waals surface area (Å²) in [6.45, 7) is 3.61. The second kappa shape index (κ2) is 6.31. The van der Waals surface area contributed by atoms with E-state index in [1.165, 1.54) is 0 Å². The Morgan fingerprint density at radius 2 is 1.90 bits per heavy atom. The standard InChI is InChI=1S/C17H19NO3/c1-11-9-14(20-3)7-8-16(11)17(19)12(2)21-15-6-4-5-13(18)10-15/h4-10,12H,18H2,1-3H3. The van der Waals surface area contributed by atoms with E-state index >= 15 is 0 Å². The molecular weight excluding hydrogens is 266 g/mol. The fourth-order valence-corrected chi connectivity index (χ4v) is 2.10. The number of ketones is 1. The van der Waals surface area contributed by atoms with Crippen LogP contribution < -0.4 is 15.2 Å². The molecule has 4 heteroatoms. The molecule has 2 N–H and O–H groups in total. The molecule has 21 heavy (non-hydrogen) atoms. The van der Waals surface area contributed by atoms with Gasteiger partial charge in [0.25, 0.3) is 0 Å². The number of hydrogen-bond acceptors (Lipinski definition) is 4. The Balaban J connectivity index is 2.15. The van der Waals surface area contributed by atoms with Gasteiger partial charge in [0.2, 0.25) is 5.78 Å². The van der Waals surface area contributed by atoms with Crippen LogP contribution in [0.4, 0.5) is 5.69 Å². The highest BCUT2D eigenvalue weighted by Gasteiger charge is 2.19. The zero-order valence-corrected chi connectivity index (χ0v) is 12.4. The second-order valence-corrected chi connectivity index (χ2v) is 4.88. The van der Waals surface area contributed by atoms with Crippen LogP contribution in [0.3, 0.4) is 0 Å². The summed E-state index contributed by atoms with van der Waals surface area (Å²) in [5, 5.41) is 0. The second-order valence-electron chi connectivity index (χ2n) is 4.88. The summed E-state index contributed by atoms with van der Waals surface area (Å²) in [5.41, 5.74) is 7.80. The van der Waals surface area contributed by atoms with Crippen LogP contribution in [0.2, 0.25) is 0 Å². The Labute approximate surface area is 124 Å². The van der Waals surface area contributed by atoms with Crippen molar-refractivity contribution in [1.29, 1.82) is 0 Å². The maximum atomic E-state index is 12.5. The number of nitrogens with two attached hydrogens (primary N) is 1. The molecule has 2 rings (SSSR count). The Morgan fingerprint density at radius 1 is 1.14 bits per heavy atom. The van der Waals surface area contributed by atoms with Crippen LogP contribution >= 0.6 is 0 Å². The fraction of sp³-hybridized carbons (Fsp3) is 0.235. The van der Waals surface area contributed by atoms with Gasteiger partial charge < -0.3 is 15.2 Å². The van der Waals surface area contributed by atoms with Crippen LogP contribution in [0.25, 0.3) is 0 Å². The molecule has 4 nitrogen and oxygen atoms in total. The van der Waals surface area contributed by atoms with Crippen molar-refractivity contribution in [2.45, 2.75) is 20.0 Å². The summed E-state index contributed by atoms with van der Waals surface area (Å²) in [5.74, 6) is 1.24. The molecule has 0 radical (unpaired) electrons. The minimum atomic E-state index is -0.584. The Morgan fingerprint density at radius 3 is 2.52 bits per heavy atom. The van der Waals surface area contributed by atoms with Crippen molar-refractivity contribution >= 4 is 11.5 Å². The zero-order chi connectivity index (χ0) is 15.4. The van der Waals surface area contributed by atoms with Crippen molar-refractivity contribution < 1.29 is 14.3 Å². The van der Waals surface area contributed by atoms with Gasteiger partial charge in [0.05, 0.1) is 7.11 Å². The van der Waals surface area contributed by atoms with Gasteiger partial charge in [-0.1, -0.05) is 6.07 Å². The first-order valence-corrected chi connectivity index (χ1v) is 6.72. The number of aryl methyl sites for hydroxylation is 1.